The summed E-state index contributed by atoms with van der Waals surface area (Å²) in [6.07, 6.45) is 4.06. The van der Waals surface area contributed by atoms with Crippen LogP contribution in [0.5, 0.6) is 5.75 Å². The van der Waals surface area contributed by atoms with E-state index in [1.165, 1.54) is 6.07 Å². The van der Waals surface area contributed by atoms with Gasteiger partial charge in [-0.2, -0.15) is 0 Å². The fourth-order valence-corrected chi connectivity index (χ4v) is 8.15. The lowest BCUT2D eigenvalue weighted by atomic mass is 9.97. The molecule has 1 unspecified atom stereocenters. The minimum absolute atomic E-state index is 0.0160. The molecule has 0 radical (unpaired) electrons. The molecule has 0 saturated carbocycles. The van der Waals surface area contributed by atoms with Gasteiger partial charge in [0.2, 0.25) is 5.91 Å². The van der Waals surface area contributed by atoms with Crippen molar-refractivity contribution in [1.29, 1.82) is 0 Å². The topological polar surface area (TPSA) is 176 Å². The second kappa shape index (κ2) is 21.7. The van der Waals surface area contributed by atoms with Crippen molar-refractivity contribution >= 4 is 41.0 Å². The van der Waals surface area contributed by atoms with Crippen LogP contribution in [-0.2, 0) is 22.4 Å². The minimum atomic E-state index is -0.895. The predicted molar refractivity (Wildman–Crippen MR) is 251 cm³/mol. The molecule has 7 N–H and O–H groups in total. The average Bonchev–Trinajstić information content (AvgIpc) is 3.31. The van der Waals surface area contributed by atoms with Crippen LogP contribution in [-0.4, -0.2) is 96.3 Å². The zero-order valence-electron chi connectivity index (χ0n) is 36.4. The van der Waals surface area contributed by atoms with E-state index in [1.807, 2.05) is 54.6 Å². The van der Waals surface area contributed by atoms with E-state index in [1.54, 1.807) is 54.4 Å². The Hall–Kier alpha value is -6.51. The molecule has 1 fully saturated rings. The van der Waals surface area contributed by atoms with Gasteiger partial charge in [-0.3, -0.25) is 14.9 Å². The molecule has 3 atom stereocenters. The molecular formula is C51H58N6O7. The van der Waals surface area contributed by atoms with Gasteiger partial charge in [-0.05, 0) is 97.3 Å². The summed E-state index contributed by atoms with van der Waals surface area (Å²) in [5.41, 5.74) is 7.83. The van der Waals surface area contributed by atoms with Crippen LogP contribution in [0.25, 0.3) is 17.2 Å². The first kappa shape index (κ1) is 45.5. The summed E-state index contributed by atoms with van der Waals surface area (Å²) in [6.45, 7) is 4.91. The molecule has 2 aliphatic heterocycles. The predicted octanol–water partition coefficient (Wildman–Crippen LogP) is 7.11. The molecule has 1 saturated heterocycles. The van der Waals surface area contributed by atoms with E-state index in [0.717, 1.165) is 41.8 Å². The Balaban J connectivity index is 0.772. The van der Waals surface area contributed by atoms with Crippen molar-refractivity contribution in [3.8, 4) is 16.9 Å². The number of rotatable bonds is 17. The molecule has 13 heteroatoms. The van der Waals surface area contributed by atoms with E-state index in [9.17, 15) is 29.7 Å². The molecule has 13 nitrogen and oxygen atoms in total. The first-order valence-electron chi connectivity index (χ1n) is 22.0. The van der Waals surface area contributed by atoms with Gasteiger partial charge in [-0.1, -0.05) is 84.9 Å². The maximum absolute atomic E-state index is 13.1. The van der Waals surface area contributed by atoms with E-state index in [0.29, 0.717) is 79.1 Å². The van der Waals surface area contributed by atoms with Gasteiger partial charge in [0.1, 0.15) is 18.1 Å². The van der Waals surface area contributed by atoms with Crippen LogP contribution >= 0.6 is 0 Å². The van der Waals surface area contributed by atoms with E-state index in [-0.39, 0.29) is 29.7 Å². The highest BCUT2D eigenvalue weighted by Crippen LogP contribution is 2.37. The normalized spacial score (nSPS) is 15.9. The number of nitrogens with one attached hydrogen (secondary N) is 4. The van der Waals surface area contributed by atoms with Gasteiger partial charge in [-0.15, -0.1) is 0 Å². The minimum Gasteiger partial charge on any atom is -0.506 e. The number of carbonyl (C=O) groups is 3. The van der Waals surface area contributed by atoms with Crippen LogP contribution in [0.4, 0.5) is 21.9 Å². The Kier molecular flexibility index (Phi) is 15.4. The number of hydrogen-bond acceptors (Lipinski definition) is 10. The third-order valence-electron chi connectivity index (χ3n) is 11.9. The Morgan fingerprint density at radius 1 is 0.891 bits per heavy atom. The summed E-state index contributed by atoms with van der Waals surface area (Å²) in [6, 6.07) is 36.2. The van der Waals surface area contributed by atoms with Crippen molar-refractivity contribution < 1.29 is 34.4 Å². The van der Waals surface area contributed by atoms with Gasteiger partial charge in [-0.25, -0.2) is 4.79 Å². The molecule has 0 aromatic heterocycles. The number of piperidine rings is 1. The van der Waals surface area contributed by atoms with Crippen LogP contribution < -0.4 is 26.2 Å². The third-order valence-corrected chi connectivity index (χ3v) is 11.9. The van der Waals surface area contributed by atoms with Gasteiger partial charge in [0.05, 0.1) is 17.5 Å². The zero-order chi connectivity index (χ0) is 45.0. The number of fused-ring (bicyclic) bond motifs is 1. The molecule has 2 heterocycles. The molecule has 5 aromatic carbocycles. The lowest BCUT2D eigenvalue weighted by Gasteiger charge is -2.31. The van der Waals surface area contributed by atoms with Crippen LogP contribution in [0, 0.1) is 0 Å². The zero-order valence-corrected chi connectivity index (χ0v) is 36.4. The van der Waals surface area contributed by atoms with Crippen molar-refractivity contribution in [2.75, 3.05) is 55.3 Å². The number of para-hydroxylation sites is 1. The van der Waals surface area contributed by atoms with Gasteiger partial charge >= 0.3 is 6.09 Å². The van der Waals surface area contributed by atoms with Crippen molar-refractivity contribution in [3.63, 3.8) is 0 Å². The Bertz CT molecular complexity index is 2380. The Morgan fingerprint density at radius 2 is 1.59 bits per heavy atom. The molecule has 7 rings (SSSR count). The number of ether oxygens (including phenoxy) is 1. The van der Waals surface area contributed by atoms with Crippen molar-refractivity contribution in [3.05, 3.63) is 149 Å². The second-order valence-electron chi connectivity index (χ2n) is 16.5. The monoisotopic (exact) mass is 866 g/mol. The summed E-state index contributed by atoms with van der Waals surface area (Å²) in [4.78, 5) is 42.7. The number of phenols is 1. The molecule has 0 bridgehead atoms. The van der Waals surface area contributed by atoms with E-state index in [2.05, 4.69) is 57.4 Å². The molecule has 0 aliphatic carbocycles. The first-order chi connectivity index (χ1) is 31.0. The lowest BCUT2D eigenvalue weighted by Crippen LogP contribution is -2.40. The maximum atomic E-state index is 13.1. The van der Waals surface area contributed by atoms with Crippen LogP contribution in [0.15, 0.2) is 121 Å². The van der Waals surface area contributed by atoms with Gasteiger partial charge < -0.3 is 45.8 Å². The van der Waals surface area contributed by atoms with E-state index in [4.69, 9.17) is 4.74 Å². The van der Waals surface area contributed by atoms with Crippen LogP contribution in [0.3, 0.4) is 0 Å². The highest BCUT2D eigenvalue weighted by molar-refractivity contribution is 5.96. The largest absolute Gasteiger partial charge is 0.506 e. The smallest absolute Gasteiger partial charge is 0.411 e. The number of benzene rings is 5. The van der Waals surface area contributed by atoms with Crippen molar-refractivity contribution in [2.45, 2.75) is 63.5 Å². The van der Waals surface area contributed by atoms with Gasteiger partial charge in [0.15, 0.2) is 0 Å². The third kappa shape index (κ3) is 12.1. The number of carbonyl (C=O) groups excluding carboxylic acids is 3. The summed E-state index contributed by atoms with van der Waals surface area (Å²) < 4.78 is 5.77. The van der Waals surface area contributed by atoms with Gasteiger partial charge in [0, 0.05) is 74.6 Å². The highest BCUT2D eigenvalue weighted by Gasteiger charge is 2.25. The molecule has 334 valence electrons. The number of aliphatic hydroxyl groups excluding tert-OH is 2. The molecule has 0 spiro atoms. The van der Waals surface area contributed by atoms with Crippen molar-refractivity contribution in [1.82, 2.24) is 15.5 Å². The Morgan fingerprint density at radius 3 is 2.34 bits per heavy atom. The molecular weight excluding hydrogens is 809 g/mol. The highest BCUT2D eigenvalue weighted by atomic mass is 16.6. The average molecular weight is 867 g/mol. The second-order valence-corrected chi connectivity index (χ2v) is 16.5. The molecule has 3 amide bonds. The molecule has 64 heavy (non-hydrogen) atoms. The quantitative estimate of drug-likeness (QED) is 0.0478. The van der Waals surface area contributed by atoms with Gasteiger partial charge in [0.25, 0.3) is 5.91 Å². The summed E-state index contributed by atoms with van der Waals surface area (Å²) in [7, 11) is 1.74. The number of aliphatic hydroxyl groups is 2. The van der Waals surface area contributed by atoms with E-state index < -0.39 is 18.4 Å². The number of likely N-dealkylation sites (tertiary alicyclic amines) is 1. The number of amides is 3. The number of hydrogen-bond donors (Lipinski definition) is 7. The van der Waals surface area contributed by atoms with Crippen LogP contribution in [0.2, 0.25) is 0 Å². The Labute approximate surface area is 374 Å². The summed E-state index contributed by atoms with van der Waals surface area (Å²) >= 11 is 0. The standard InChI is InChI=1S/C51H58N6O7/c1-34(53-33-46(59)42-20-22-45(58)49-43(42)21-23-47(60)55-49)32-36-14-12-35(13-15-36)24-28-52-50(62)38-16-18-39(19-17-38)56(2)48(61)27-31-57-29-25-40(26-30-57)64-51(63)54-44-11-7-6-10-41(44)37-8-4-3-5-9-37/h3-23,34,40,46-47,53,55,58-60H,24-33H2,1-2H3,(H,52,62)(H,54,63)/t34-,46+,47?/m1/s1. The number of anilines is 3. The summed E-state index contributed by atoms with van der Waals surface area (Å²) in [5.74, 6) is -0.189. The fourth-order valence-electron chi connectivity index (χ4n) is 8.15. The van der Waals surface area contributed by atoms with Crippen molar-refractivity contribution in [2.24, 2.45) is 0 Å². The SMILES string of the molecule is C[C@H](Cc1ccc(CCNC(=O)c2ccc(N(C)C(=O)CCN3CCC(OC(=O)Nc4ccccc4-c4ccccc4)CC3)cc2)cc1)NC[C@H](O)c1ccc(O)c2c1C=CC(O)N2. The number of aromatic hydroxyl groups is 1. The molecule has 5 aromatic rings. The molecule has 2 aliphatic rings. The maximum Gasteiger partial charge on any atom is 0.411 e. The lowest BCUT2D eigenvalue weighted by molar-refractivity contribution is -0.118. The number of phenolic OH excluding ortho intramolecular Hbond substituents is 1. The number of nitrogens with zero attached hydrogens (tertiary/aromatic N) is 2. The van der Waals surface area contributed by atoms with Crippen LogP contribution in [0.1, 0.15) is 64.9 Å². The summed E-state index contributed by atoms with van der Waals surface area (Å²) in [5, 5.41) is 43.1. The fraction of sp³-hybridized carbons (Fsp3) is 0.314. The first-order valence-corrected chi connectivity index (χ1v) is 22.0. The van der Waals surface area contributed by atoms with E-state index >= 15 is 0 Å².